The van der Waals surface area contributed by atoms with Gasteiger partial charge in [0.2, 0.25) is 0 Å². The van der Waals surface area contributed by atoms with Gasteiger partial charge in [-0.15, -0.1) is 11.3 Å². The number of anilines is 1. The van der Waals surface area contributed by atoms with Gasteiger partial charge in [0.1, 0.15) is 9.58 Å². The number of hydrogen-bond donors (Lipinski definition) is 2. The SMILES string of the molecule is O=C(O)c1cccc(NC(=O)c2sc3c([N+](=O)[O-])cccc3c2Cl)c1. The zero-order valence-corrected chi connectivity index (χ0v) is 13.9. The molecule has 7 nitrogen and oxygen atoms in total. The predicted molar refractivity (Wildman–Crippen MR) is 94.8 cm³/mol. The van der Waals surface area contributed by atoms with Crippen LogP contribution in [0.2, 0.25) is 5.02 Å². The highest BCUT2D eigenvalue weighted by Crippen LogP contribution is 2.40. The van der Waals surface area contributed by atoms with Gasteiger partial charge in [0, 0.05) is 17.1 Å². The number of aromatic carboxylic acids is 1. The topological polar surface area (TPSA) is 110 Å². The first-order valence-corrected chi connectivity index (χ1v) is 8.08. The Kier molecular flexibility index (Phi) is 4.39. The van der Waals surface area contributed by atoms with Crippen LogP contribution in [0.5, 0.6) is 0 Å². The summed E-state index contributed by atoms with van der Waals surface area (Å²) in [6.07, 6.45) is 0. The van der Waals surface area contributed by atoms with E-state index in [0.717, 1.165) is 11.3 Å². The van der Waals surface area contributed by atoms with Crippen molar-refractivity contribution in [2.24, 2.45) is 0 Å². The van der Waals surface area contributed by atoms with E-state index in [2.05, 4.69) is 5.32 Å². The zero-order valence-electron chi connectivity index (χ0n) is 12.4. The van der Waals surface area contributed by atoms with Gasteiger partial charge < -0.3 is 10.4 Å². The van der Waals surface area contributed by atoms with Crippen molar-refractivity contribution in [1.29, 1.82) is 0 Å². The number of nitrogens with zero attached hydrogens (tertiary/aromatic N) is 1. The number of nitrogens with one attached hydrogen (secondary N) is 1. The maximum absolute atomic E-state index is 12.5. The number of carboxylic acids is 1. The van der Waals surface area contributed by atoms with Crippen LogP contribution in [0, 0.1) is 10.1 Å². The van der Waals surface area contributed by atoms with Gasteiger partial charge in [0.15, 0.2) is 0 Å². The van der Waals surface area contributed by atoms with Crippen LogP contribution in [0.4, 0.5) is 11.4 Å². The van der Waals surface area contributed by atoms with Gasteiger partial charge >= 0.3 is 5.97 Å². The van der Waals surface area contributed by atoms with Gasteiger partial charge in [-0.1, -0.05) is 29.8 Å². The lowest BCUT2D eigenvalue weighted by molar-refractivity contribution is -0.382. The van der Waals surface area contributed by atoms with E-state index in [1.54, 1.807) is 6.07 Å². The number of fused-ring (bicyclic) bond motifs is 1. The molecule has 2 aromatic carbocycles. The second kappa shape index (κ2) is 6.50. The molecule has 3 aromatic rings. The molecule has 0 saturated heterocycles. The minimum absolute atomic E-state index is 0.0240. The summed E-state index contributed by atoms with van der Waals surface area (Å²) >= 11 is 7.12. The lowest BCUT2D eigenvalue weighted by Gasteiger charge is -2.05. The number of carbonyl (C=O) groups excluding carboxylic acids is 1. The third kappa shape index (κ3) is 3.17. The number of hydrogen-bond acceptors (Lipinski definition) is 5. The lowest BCUT2D eigenvalue weighted by atomic mass is 10.2. The molecule has 1 aromatic heterocycles. The lowest BCUT2D eigenvalue weighted by Crippen LogP contribution is -2.11. The number of thiophene rings is 1. The first-order valence-electron chi connectivity index (χ1n) is 6.88. The summed E-state index contributed by atoms with van der Waals surface area (Å²) in [6.45, 7) is 0. The Balaban J connectivity index is 1.99. The Morgan fingerprint density at radius 1 is 1.20 bits per heavy atom. The molecule has 0 aliphatic heterocycles. The molecular formula is C16H9ClN2O5S. The van der Waals surface area contributed by atoms with Crippen molar-refractivity contribution in [2.75, 3.05) is 5.32 Å². The van der Waals surface area contributed by atoms with Gasteiger partial charge in [-0.3, -0.25) is 14.9 Å². The molecule has 0 aliphatic rings. The Labute approximate surface area is 149 Å². The minimum Gasteiger partial charge on any atom is -0.478 e. The summed E-state index contributed by atoms with van der Waals surface area (Å²) in [5, 5.41) is 23.2. The fraction of sp³-hybridized carbons (Fsp3) is 0. The maximum Gasteiger partial charge on any atom is 0.335 e. The molecule has 0 saturated carbocycles. The van der Waals surface area contributed by atoms with Crippen molar-refractivity contribution in [3.8, 4) is 0 Å². The highest BCUT2D eigenvalue weighted by Gasteiger charge is 2.22. The van der Waals surface area contributed by atoms with Gasteiger partial charge in [-0.05, 0) is 18.2 Å². The maximum atomic E-state index is 12.5. The van der Waals surface area contributed by atoms with Crippen molar-refractivity contribution < 1.29 is 19.6 Å². The highest BCUT2D eigenvalue weighted by molar-refractivity contribution is 7.22. The van der Waals surface area contributed by atoms with Crippen molar-refractivity contribution in [2.45, 2.75) is 0 Å². The van der Waals surface area contributed by atoms with Crippen molar-refractivity contribution in [3.05, 3.63) is 68.0 Å². The number of non-ortho nitro benzene ring substituents is 1. The van der Waals surface area contributed by atoms with Crippen LogP contribution in [0.1, 0.15) is 20.0 Å². The number of amides is 1. The van der Waals surface area contributed by atoms with E-state index in [1.165, 1.54) is 36.4 Å². The molecule has 0 bridgehead atoms. The fourth-order valence-electron chi connectivity index (χ4n) is 2.28. The van der Waals surface area contributed by atoms with Gasteiger partial charge in [-0.25, -0.2) is 4.79 Å². The van der Waals surface area contributed by atoms with E-state index in [9.17, 15) is 19.7 Å². The molecular weight excluding hydrogens is 368 g/mol. The normalized spacial score (nSPS) is 10.6. The summed E-state index contributed by atoms with van der Waals surface area (Å²) in [4.78, 5) is 34.1. The van der Waals surface area contributed by atoms with Crippen LogP contribution in [0.15, 0.2) is 42.5 Å². The molecule has 0 fully saturated rings. The van der Waals surface area contributed by atoms with Crippen molar-refractivity contribution in [3.63, 3.8) is 0 Å². The summed E-state index contributed by atoms with van der Waals surface area (Å²) in [7, 11) is 0. The number of halogens is 1. The summed E-state index contributed by atoms with van der Waals surface area (Å²) in [5.74, 6) is -1.69. The molecule has 0 aliphatic carbocycles. The standard InChI is InChI=1S/C16H9ClN2O5S/c17-12-10-5-2-6-11(19(23)24)13(10)25-14(12)15(20)18-9-4-1-3-8(7-9)16(21)22/h1-7H,(H,18,20)(H,21,22). The molecule has 0 unspecified atom stereocenters. The number of nitro benzene ring substituents is 1. The highest BCUT2D eigenvalue weighted by atomic mass is 35.5. The number of rotatable bonds is 4. The summed E-state index contributed by atoms with van der Waals surface area (Å²) in [5.41, 5.74) is 0.181. The molecule has 126 valence electrons. The third-order valence-electron chi connectivity index (χ3n) is 3.40. The zero-order chi connectivity index (χ0) is 18.1. The quantitative estimate of drug-likeness (QED) is 0.517. The summed E-state index contributed by atoms with van der Waals surface area (Å²) < 4.78 is 0.307. The molecule has 1 heterocycles. The van der Waals surface area contributed by atoms with Gasteiger partial charge in [0.05, 0.1) is 15.5 Å². The molecule has 3 rings (SSSR count). The second-order valence-electron chi connectivity index (χ2n) is 5.00. The van der Waals surface area contributed by atoms with Crippen LogP contribution in [-0.2, 0) is 0 Å². The number of carbonyl (C=O) groups is 2. The number of benzene rings is 2. The Morgan fingerprint density at radius 3 is 2.60 bits per heavy atom. The monoisotopic (exact) mass is 376 g/mol. The molecule has 0 atom stereocenters. The van der Waals surface area contributed by atoms with Crippen LogP contribution in [-0.4, -0.2) is 21.9 Å². The molecule has 25 heavy (non-hydrogen) atoms. The largest absolute Gasteiger partial charge is 0.478 e. The van der Waals surface area contributed by atoms with Crippen LogP contribution < -0.4 is 5.32 Å². The number of carboxylic acid groups (broad SMARTS) is 1. The molecule has 0 spiro atoms. The molecule has 2 N–H and O–H groups in total. The predicted octanol–water partition coefficient (Wildman–Crippen LogP) is 4.41. The van der Waals surface area contributed by atoms with Gasteiger partial charge in [0.25, 0.3) is 11.6 Å². The second-order valence-corrected chi connectivity index (χ2v) is 6.39. The Morgan fingerprint density at radius 2 is 1.92 bits per heavy atom. The van der Waals surface area contributed by atoms with E-state index in [1.807, 2.05) is 0 Å². The van der Waals surface area contributed by atoms with Gasteiger partial charge in [-0.2, -0.15) is 0 Å². The summed E-state index contributed by atoms with van der Waals surface area (Å²) in [6, 6.07) is 10.2. The van der Waals surface area contributed by atoms with Crippen molar-refractivity contribution in [1.82, 2.24) is 0 Å². The van der Waals surface area contributed by atoms with Crippen LogP contribution in [0.3, 0.4) is 0 Å². The molecule has 9 heteroatoms. The Bertz CT molecular complexity index is 1030. The Hall–Kier alpha value is -2.97. The molecule has 1 amide bonds. The van der Waals surface area contributed by atoms with Crippen LogP contribution in [0.25, 0.3) is 10.1 Å². The van der Waals surface area contributed by atoms with E-state index < -0.39 is 16.8 Å². The van der Waals surface area contributed by atoms with E-state index >= 15 is 0 Å². The fourth-order valence-corrected chi connectivity index (χ4v) is 3.77. The minimum atomic E-state index is -1.12. The average Bonchev–Trinajstić information content (AvgIpc) is 2.92. The first kappa shape index (κ1) is 16.9. The van der Waals surface area contributed by atoms with E-state index in [0.29, 0.717) is 10.1 Å². The van der Waals surface area contributed by atoms with Crippen molar-refractivity contribution >= 4 is 56.3 Å². The van der Waals surface area contributed by atoms with E-state index in [-0.39, 0.29) is 26.8 Å². The first-order chi connectivity index (χ1) is 11.9. The third-order valence-corrected chi connectivity index (χ3v) is 5.14. The molecule has 0 radical (unpaired) electrons. The van der Waals surface area contributed by atoms with E-state index in [4.69, 9.17) is 16.7 Å². The number of nitro groups is 1. The average molecular weight is 377 g/mol. The smallest absolute Gasteiger partial charge is 0.335 e. The van der Waals surface area contributed by atoms with Crippen LogP contribution >= 0.6 is 22.9 Å².